The Morgan fingerprint density at radius 3 is 2.62 bits per heavy atom. The first-order valence-electron chi connectivity index (χ1n) is 7.15. The van der Waals surface area contributed by atoms with E-state index in [2.05, 4.69) is 19.2 Å². The molecule has 1 aliphatic carbocycles. The highest BCUT2D eigenvalue weighted by Gasteiger charge is 2.14. The molecule has 0 heterocycles. The first-order chi connectivity index (χ1) is 7.83. The summed E-state index contributed by atoms with van der Waals surface area (Å²) in [4.78, 5) is 0. The van der Waals surface area contributed by atoms with Crippen molar-refractivity contribution >= 4 is 0 Å². The quantitative estimate of drug-likeness (QED) is 0.642. The Kier molecular flexibility index (Phi) is 7.87. The van der Waals surface area contributed by atoms with E-state index in [1.165, 1.54) is 38.5 Å². The molecule has 2 nitrogen and oxygen atoms in total. The predicted octanol–water partition coefficient (Wildman–Crippen LogP) is 3.36. The van der Waals surface area contributed by atoms with Gasteiger partial charge in [-0.05, 0) is 51.6 Å². The number of ether oxygens (including phenoxy) is 1. The van der Waals surface area contributed by atoms with E-state index in [0.717, 1.165) is 32.0 Å². The summed E-state index contributed by atoms with van der Waals surface area (Å²) in [6.07, 6.45) is 9.84. The largest absolute Gasteiger partial charge is 0.378 e. The average molecular weight is 227 g/mol. The minimum atomic E-state index is 0.422. The van der Waals surface area contributed by atoms with Crippen LogP contribution in [0.3, 0.4) is 0 Å². The van der Waals surface area contributed by atoms with Gasteiger partial charge in [-0.15, -0.1) is 0 Å². The Balaban J connectivity index is 1.94. The molecule has 0 spiro atoms. The summed E-state index contributed by atoms with van der Waals surface area (Å²) in [6, 6.07) is 0. The topological polar surface area (TPSA) is 21.3 Å². The van der Waals surface area contributed by atoms with Gasteiger partial charge in [0.2, 0.25) is 0 Å². The van der Waals surface area contributed by atoms with Gasteiger partial charge >= 0.3 is 0 Å². The van der Waals surface area contributed by atoms with Crippen molar-refractivity contribution in [2.45, 2.75) is 64.9 Å². The average Bonchev–Trinajstić information content (AvgIpc) is 2.33. The van der Waals surface area contributed by atoms with Gasteiger partial charge in [0.05, 0.1) is 6.10 Å². The summed E-state index contributed by atoms with van der Waals surface area (Å²) < 4.78 is 5.92. The second-order valence-corrected chi connectivity index (χ2v) is 5.19. The lowest BCUT2D eigenvalue weighted by Gasteiger charge is -2.23. The van der Waals surface area contributed by atoms with Gasteiger partial charge in [-0.1, -0.05) is 26.2 Å². The first kappa shape index (κ1) is 14.0. The standard InChI is InChI=1S/C14H29NO/c1-3-10-15-11-9-13(2)16-12-14-7-5-4-6-8-14/h13-15H,3-12H2,1-2H3. The number of hydrogen-bond acceptors (Lipinski definition) is 2. The highest BCUT2D eigenvalue weighted by atomic mass is 16.5. The van der Waals surface area contributed by atoms with Crippen molar-refractivity contribution in [3.8, 4) is 0 Å². The van der Waals surface area contributed by atoms with Crippen molar-refractivity contribution in [2.24, 2.45) is 5.92 Å². The van der Waals surface area contributed by atoms with Crippen molar-refractivity contribution in [1.82, 2.24) is 5.32 Å². The fourth-order valence-corrected chi connectivity index (χ4v) is 2.34. The molecule has 0 aromatic carbocycles. The molecule has 1 unspecified atom stereocenters. The Morgan fingerprint density at radius 2 is 1.94 bits per heavy atom. The normalized spacial score (nSPS) is 19.9. The SMILES string of the molecule is CCCNCCC(C)OCC1CCCCC1. The Hall–Kier alpha value is -0.0800. The van der Waals surface area contributed by atoms with Crippen LogP contribution in [0.2, 0.25) is 0 Å². The summed E-state index contributed by atoms with van der Waals surface area (Å²) in [5.41, 5.74) is 0. The fourth-order valence-electron chi connectivity index (χ4n) is 2.34. The Morgan fingerprint density at radius 1 is 1.19 bits per heavy atom. The van der Waals surface area contributed by atoms with Crippen molar-refractivity contribution in [3.63, 3.8) is 0 Å². The van der Waals surface area contributed by atoms with E-state index in [1.807, 2.05) is 0 Å². The van der Waals surface area contributed by atoms with E-state index in [-0.39, 0.29) is 0 Å². The molecule has 0 aromatic rings. The zero-order valence-electron chi connectivity index (χ0n) is 11.1. The van der Waals surface area contributed by atoms with Crippen LogP contribution in [-0.2, 0) is 4.74 Å². The monoisotopic (exact) mass is 227 g/mol. The van der Waals surface area contributed by atoms with Crippen LogP contribution < -0.4 is 5.32 Å². The molecule has 96 valence electrons. The third-order valence-corrected chi connectivity index (χ3v) is 3.50. The van der Waals surface area contributed by atoms with E-state index in [0.29, 0.717) is 6.10 Å². The third-order valence-electron chi connectivity index (χ3n) is 3.50. The van der Waals surface area contributed by atoms with Gasteiger partial charge in [0.25, 0.3) is 0 Å². The summed E-state index contributed by atoms with van der Waals surface area (Å²) in [7, 11) is 0. The van der Waals surface area contributed by atoms with Crippen LogP contribution >= 0.6 is 0 Å². The second-order valence-electron chi connectivity index (χ2n) is 5.19. The van der Waals surface area contributed by atoms with E-state index < -0.39 is 0 Å². The molecular formula is C14H29NO. The summed E-state index contributed by atoms with van der Waals surface area (Å²) in [5.74, 6) is 0.847. The van der Waals surface area contributed by atoms with Gasteiger partial charge in [-0.3, -0.25) is 0 Å². The summed E-state index contributed by atoms with van der Waals surface area (Å²) in [6.45, 7) is 7.64. The minimum absolute atomic E-state index is 0.422. The minimum Gasteiger partial charge on any atom is -0.378 e. The highest BCUT2D eigenvalue weighted by molar-refractivity contribution is 4.66. The maximum absolute atomic E-state index is 5.92. The molecule has 0 bridgehead atoms. The fraction of sp³-hybridized carbons (Fsp3) is 1.00. The predicted molar refractivity (Wildman–Crippen MR) is 69.8 cm³/mol. The van der Waals surface area contributed by atoms with Gasteiger partial charge in [-0.25, -0.2) is 0 Å². The molecule has 0 radical (unpaired) electrons. The van der Waals surface area contributed by atoms with Crippen molar-refractivity contribution in [3.05, 3.63) is 0 Å². The van der Waals surface area contributed by atoms with Crippen LogP contribution in [0.15, 0.2) is 0 Å². The van der Waals surface area contributed by atoms with Crippen LogP contribution in [-0.4, -0.2) is 25.8 Å². The molecule has 2 heteroatoms. The van der Waals surface area contributed by atoms with Crippen molar-refractivity contribution in [1.29, 1.82) is 0 Å². The number of rotatable bonds is 8. The van der Waals surface area contributed by atoms with E-state index in [4.69, 9.17) is 4.74 Å². The molecule has 1 N–H and O–H groups in total. The molecule has 0 amide bonds. The van der Waals surface area contributed by atoms with Crippen LogP contribution in [0.25, 0.3) is 0 Å². The van der Waals surface area contributed by atoms with E-state index in [1.54, 1.807) is 0 Å². The maximum atomic E-state index is 5.92. The Bertz CT molecular complexity index is 155. The molecule has 1 saturated carbocycles. The molecular weight excluding hydrogens is 198 g/mol. The van der Waals surface area contributed by atoms with Gasteiger partial charge in [0.15, 0.2) is 0 Å². The van der Waals surface area contributed by atoms with Gasteiger partial charge in [0, 0.05) is 6.61 Å². The van der Waals surface area contributed by atoms with Gasteiger partial charge in [-0.2, -0.15) is 0 Å². The molecule has 0 aliphatic heterocycles. The van der Waals surface area contributed by atoms with Crippen LogP contribution in [0.4, 0.5) is 0 Å². The van der Waals surface area contributed by atoms with Gasteiger partial charge < -0.3 is 10.1 Å². The summed E-state index contributed by atoms with van der Waals surface area (Å²) in [5, 5.41) is 3.42. The lowest BCUT2D eigenvalue weighted by atomic mass is 9.90. The van der Waals surface area contributed by atoms with E-state index in [9.17, 15) is 0 Å². The molecule has 1 aliphatic rings. The molecule has 16 heavy (non-hydrogen) atoms. The van der Waals surface area contributed by atoms with Gasteiger partial charge in [0.1, 0.15) is 0 Å². The Labute approximate surface area is 101 Å². The smallest absolute Gasteiger partial charge is 0.0559 e. The highest BCUT2D eigenvalue weighted by Crippen LogP contribution is 2.24. The van der Waals surface area contributed by atoms with Crippen LogP contribution in [0.1, 0.15) is 58.8 Å². The number of hydrogen-bond donors (Lipinski definition) is 1. The first-order valence-corrected chi connectivity index (χ1v) is 7.15. The lowest BCUT2D eigenvalue weighted by Crippen LogP contribution is -2.23. The van der Waals surface area contributed by atoms with Crippen molar-refractivity contribution in [2.75, 3.05) is 19.7 Å². The van der Waals surface area contributed by atoms with Crippen LogP contribution in [0.5, 0.6) is 0 Å². The summed E-state index contributed by atoms with van der Waals surface area (Å²) >= 11 is 0. The lowest BCUT2D eigenvalue weighted by molar-refractivity contribution is 0.0269. The number of nitrogens with one attached hydrogen (secondary N) is 1. The zero-order valence-corrected chi connectivity index (χ0v) is 11.1. The zero-order chi connectivity index (χ0) is 11.6. The molecule has 1 atom stereocenters. The second kappa shape index (κ2) is 9.00. The molecule has 0 saturated heterocycles. The molecule has 1 rings (SSSR count). The van der Waals surface area contributed by atoms with Crippen molar-refractivity contribution < 1.29 is 4.74 Å². The molecule has 1 fully saturated rings. The van der Waals surface area contributed by atoms with Crippen LogP contribution in [0, 0.1) is 5.92 Å². The maximum Gasteiger partial charge on any atom is 0.0559 e. The molecule has 0 aromatic heterocycles. The van der Waals surface area contributed by atoms with E-state index >= 15 is 0 Å². The third kappa shape index (κ3) is 6.49.